The van der Waals surface area contributed by atoms with Gasteiger partial charge >= 0.3 is 6.09 Å². The molecular formula is C23H28F2N2O3. The van der Waals surface area contributed by atoms with Crippen LogP contribution in [0.5, 0.6) is 0 Å². The molecule has 0 radical (unpaired) electrons. The van der Waals surface area contributed by atoms with Gasteiger partial charge in [-0.3, -0.25) is 0 Å². The molecular weight excluding hydrogens is 390 g/mol. The number of aryl methyl sites for hydroxylation is 1. The van der Waals surface area contributed by atoms with E-state index in [0.717, 1.165) is 23.6 Å². The highest BCUT2D eigenvalue weighted by Crippen LogP contribution is 2.14. The molecule has 0 saturated heterocycles. The molecule has 0 bridgehead atoms. The number of nitrogens with zero attached hydrogens (tertiary/aromatic N) is 1. The number of hydrogen-bond donors (Lipinski definition) is 2. The van der Waals surface area contributed by atoms with Crippen LogP contribution in [-0.4, -0.2) is 41.4 Å². The van der Waals surface area contributed by atoms with Crippen molar-refractivity contribution in [3.63, 3.8) is 0 Å². The van der Waals surface area contributed by atoms with Gasteiger partial charge in [-0.2, -0.15) is 0 Å². The highest BCUT2D eigenvalue weighted by Gasteiger charge is 2.24. The van der Waals surface area contributed by atoms with E-state index in [0.29, 0.717) is 5.56 Å². The Morgan fingerprint density at radius 2 is 1.87 bits per heavy atom. The first-order chi connectivity index (χ1) is 14.3. The maximum absolute atomic E-state index is 13.4. The number of aliphatic hydroxyl groups is 1. The van der Waals surface area contributed by atoms with Crippen LogP contribution in [0.2, 0.25) is 0 Å². The molecule has 0 aliphatic heterocycles. The van der Waals surface area contributed by atoms with E-state index in [2.05, 4.69) is 6.58 Å². The Morgan fingerprint density at radius 1 is 1.20 bits per heavy atom. The molecule has 7 heteroatoms. The number of rotatable bonds is 10. The molecule has 2 rings (SSSR count). The summed E-state index contributed by atoms with van der Waals surface area (Å²) in [4.78, 5) is 13.8. The van der Waals surface area contributed by atoms with E-state index in [-0.39, 0.29) is 26.1 Å². The molecule has 2 aromatic carbocycles. The Bertz CT molecular complexity index is 840. The Morgan fingerprint density at radius 3 is 2.50 bits per heavy atom. The predicted molar refractivity (Wildman–Crippen MR) is 112 cm³/mol. The van der Waals surface area contributed by atoms with E-state index in [1.807, 2.05) is 31.2 Å². The van der Waals surface area contributed by atoms with Gasteiger partial charge in [0.1, 0.15) is 18.2 Å². The lowest BCUT2D eigenvalue weighted by Gasteiger charge is -2.27. The van der Waals surface area contributed by atoms with Crippen molar-refractivity contribution in [1.82, 2.24) is 4.90 Å². The molecule has 30 heavy (non-hydrogen) atoms. The largest absolute Gasteiger partial charge is 0.445 e. The van der Waals surface area contributed by atoms with Crippen molar-refractivity contribution in [3.05, 3.63) is 83.4 Å². The second kappa shape index (κ2) is 11.4. The van der Waals surface area contributed by atoms with E-state index in [9.17, 15) is 18.7 Å². The molecule has 5 nitrogen and oxygen atoms in total. The van der Waals surface area contributed by atoms with E-state index in [4.69, 9.17) is 10.5 Å². The van der Waals surface area contributed by atoms with E-state index in [1.54, 1.807) is 0 Å². The van der Waals surface area contributed by atoms with Crippen LogP contribution in [-0.2, 0) is 24.1 Å². The van der Waals surface area contributed by atoms with Crippen LogP contribution < -0.4 is 5.73 Å². The molecule has 0 heterocycles. The molecule has 0 aliphatic carbocycles. The van der Waals surface area contributed by atoms with Crippen LogP contribution >= 0.6 is 0 Å². The smallest absolute Gasteiger partial charge is 0.410 e. The van der Waals surface area contributed by atoms with Crippen LogP contribution in [0.4, 0.5) is 13.6 Å². The molecule has 0 unspecified atom stereocenters. The number of hydrogen-bond acceptors (Lipinski definition) is 4. The number of ether oxygens (including phenoxy) is 1. The Labute approximate surface area is 175 Å². The van der Waals surface area contributed by atoms with Crippen LogP contribution in [0.25, 0.3) is 0 Å². The van der Waals surface area contributed by atoms with Gasteiger partial charge in [-0.25, -0.2) is 13.6 Å². The van der Waals surface area contributed by atoms with Crippen molar-refractivity contribution in [2.45, 2.75) is 38.5 Å². The Kier molecular flexibility index (Phi) is 8.95. The SMILES string of the molecule is C=CCOC(=O)N(Cc1cccc(CC)c1)C[C@@H](O)[C@@H](N)Cc1cc(F)cc(F)c1. The summed E-state index contributed by atoms with van der Waals surface area (Å²) in [6, 6.07) is 10.0. The zero-order valence-electron chi connectivity index (χ0n) is 17.1. The maximum atomic E-state index is 13.4. The van der Waals surface area contributed by atoms with Crippen LogP contribution in [0.1, 0.15) is 23.6 Å². The zero-order chi connectivity index (χ0) is 22.1. The topological polar surface area (TPSA) is 75.8 Å². The average molecular weight is 418 g/mol. The molecule has 3 N–H and O–H groups in total. The zero-order valence-corrected chi connectivity index (χ0v) is 17.1. The van der Waals surface area contributed by atoms with E-state index < -0.39 is 29.9 Å². The summed E-state index contributed by atoms with van der Waals surface area (Å²) in [5.74, 6) is -1.42. The van der Waals surface area contributed by atoms with Gasteiger partial charge < -0.3 is 20.5 Å². The van der Waals surface area contributed by atoms with Gasteiger partial charge in [0.15, 0.2) is 0 Å². The van der Waals surface area contributed by atoms with Crippen molar-refractivity contribution in [3.8, 4) is 0 Å². The number of halogens is 2. The molecule has 162 valence electrons. The third kappa shape index (κ3) is 7.24. The van der Waals surface area contributed by atoms with Crippen LogP contribution in [0.15, 0.2) is 55.1 Å². The van der Waals surface area contributed by atoms with Gasteiger partial charge in [0, 0.05) is 18.7 Å². The first-order valence-electron chi connectivity index (χ1n) is 9.81. The minimum absolute atomic E-state index is 0.0368. The third-order valence-electron chi connectivity index (χ3n) is 4.65. The molecule has 0 aromatic heterocycles. The lowest BCUT2D eigenvalue weighted by atomic mass is 10.0. The van der Waals surface area contributed by atoms with Crippen molar-refractivity contribution < 1.29 is 23.4 Å². The van der Waals surface area contributed by atoms with Gasteiger partial charge in [0.25, 0.3) is 0 Å². The summed E-state index contributed by atoms with van der Waals surface area (Å²) in [6.45, 7) is 5.73. The number of carbonyl (C=O) groups is 1. The molecule has 0 fully saturated rings. The molecule has 1 amide bonds. The minimum atomic E-state index is -1.12. The van der Waals surface area contributed by atoms with Gasteiger partial charge in [-0.05, 0) is 41.7 Å². The number of nitrogens with two attached hydrogens (primary N) is 1. The van der Waals surface area contributed by atoms with Gasteiger partial charge in [-0.1, -0.05) is 43.8 Å². The van der Waals surface area contributed by atoms with Crippen molar-refractivity contribution in [1.29, 1.82) is 0 Å². The molecule has 0 spiro atoms. The van der Waals surface area contributed by atoms with E-state index in [1.165, 1.54) is 23.1 Å². The van der Waals surface area contributed by atoms with Gasteiger partial charge in [0.2, 0.25) is 0 Å². The number of aliphatic hydroxyl groups excluding tert-OH is 1. The summed E-state index contributed by atoms with van der Waals surface area (Å²) in [5.41, 5.74) is 8.39. The Balaban J connectivity index is 2.10. The highest BCUT2D eigenvalue weighted by atomic mass is 19.1. The molecule has 0 aliphatic rings. The average Bonchev–Trinajstić information content (AvgIpc) is 2.70. The first kappa shape index (κ1) is 23.5. The van der Waals surface area contributed by atoms with Crippen molar-refractivity contribution >= 4 is 6.09 Å². The third-order valence-corrected chi connectivity index (χ3v) is 4.65. The lowest BCUT2D eigenvalue weighted by molar-refractivity contribution is 0.0657. The first-order valence-corrected chi connectivity index (χ1v) is 9.81. The van der Waals surface area contributed by atoms with Crippen molar-refractivity contribution in [2.24, 2.45) is 5.73 Å². The fourth-order valence-corrected chi connectivity index (χ4v) is 3.09. The Hall–Kier alpha value is -2.77. The van der Waals surface area contributed by atoms with Gasteiger partial charge in [0.05, 0.1) is 12.6 Å². The summed E-state index contributed by atoms with van der Waals surface area (Å²) in [6.07, 6.45) is 0.624. The fraction of sp³-hybridized carbons (Fsp3) is 0.348. The predicted octanol–water partition coefficient (Wildman–Crippen LogP) is 3.58. The van der Waals surface area contributed by atoms with Crippen LogP contribution in [0, 0.1) is 11.6 Å². The van der Waals surface area contributed by atoms with Crippen molar-refractivity contribution in [2.75, 3.05) is 13.2 Å². The number of carbonyl (C=O) groups excluding carboxylic acids is 1. The summed E-state index contributed by atoms with van der Waals surface area (Å²) >= 11 is 0. The summed E-state index contributed by atoms with van der Waals surface area (Å²) in [5, 5.41) is 10.6. The normalized spacial score (nSPS) is 12.8. The minimum Gasteiger partial charge on any atom is -0.445 e. The monoisotopic (exact) mass is 418 g/mol. The fourth-order valence-electron chi connectivity index (χ4n) is 3.09. The summed E-state index contributed by atoms with van der Waals surface area (Å²) < 4.78 is 31.9. The molecule has 2 aromatic rings. The van der Waals surface area contributed by atoms with Gasteiger partial charge in [-0.15, -0.1) is 0 Å². The van der Waals surface area contributed by atoms with Crippen LogP contribution in [0.3, 0.4) is 0 Å². The number of amides is 1. The highest BCUT2D eigenvalue weighted by molar-refractivity contribution is 5.67. The van der Waals surface area contributed by atoms with E-state index >= 15 is 0 Å². The lowest BCUT2D eigenvalue weighted by Crippen LogP contribution is -2.46. The standard InChI is InChI=1S/C23H28F2N2O3/c1-3-8-30-23(29)27(14-17-7-5-6-16(4-2)9-17)15-22(28)21(26)12-18-10-19(24)13-20(25)11-18/h3,5-7,9-11,13,21-22,28H,1,4,8,12,14-15,26H2,2H3/t21-,22+/m0/s1. The number of benzene rings is 2. The second-order valence-electron chi connectivity index (χ2n) is 7.13. The maximum Gasteiger partial charge on any atom is 0.410 e. The second-order valence-corrected chi connectivity index (χ2v) is 7.13. The quantitative estimate of drug-likeness (QED) is 0.579. The molecule has 2 atom stereocenters. The molecule has 0 saturated carbocycles. The summed E-state index contributed by atoms with van der Waals surface area (Å²) in [7, 11) is 0.